The van der Waals surface area contributed by atoms with E-state index < -0.39 is 5.97 Å². The molecular formula is C22H13ClN2O5S. The maximum atomic E-state index is 13.0. The molecule has 5 aromatic rings. The third-order valence-electron chi connectivity index (χ3n) is 4.83. The predicted octanol–water partition coefficient (Wildman–Crippen LogP) is 4.08. The summed E-state index contributed by atoms with van der Waals surface area (Å²) in [5, 5.41) is 9.40. The van der Waals surface area contributed by atoms with Crippen molar-refractivity contribution in [1.29, 1.82) is 0 Å². The van der Waals surface area contributed by atoms with Crippen LogP contribution in [-0.2, 0) is 0 Å². The number of hydrogen-bond acceptors (Lipinski definition) is 6. The van der Waals surface area contributed by atoms with Crippen LogP contribution in [0.2, 0.25) is 5.02 Å². The number of carboxylic acid groups (broad SMARTS) is 1. The maximum Gasteiger partial charge on any atom is 0.337 e. The molecule has 0 atom stereocenters. The summed E-state index contributed by atoms with van der Waals surface area (Å²) in [4.78, 5) is 29.4. The molecule has 0 fully saturated rings. The van der Waals surface area contributed by atoms with Crippen LogP contribution in [0.25, 0.3) is 33.4 Å². The van der Waals surface area contributed by atoms with Gasteiger partial charge in [-0.1, -0.05) is 22.9 Å². The van der Waals surface area contributed by atoms with Crippen molar-refractivity contribution in [2.24, 2.45) is 0 Å². The molecule has 7 nitrogen and oxygen atoms in total. The van der Waals surface area contributed by atoms with Crippen LogP contribution in [0.15, 0.2) is 57.7 Å². The highest BCUT2D eigenvalue weighted by molar-refractivity contribution is 7.15. The fourth-order valence-electron chi connectivity index (χ4n) is 3.33. The quantitative estimate of drug-likeness (QED) is 0.441. The third kappa shape index (κ3) is 3.26. The van der Waals surface area contributed by atoms with Crippen LogP contribution in [-0.4, -0.2) is 27.6 Å². The minimum Gasteiger partial charge on any atom is -0.497 e. The molecule has 0 saturated carbocycles. The van der Waals surface area contributed by atoms with E-state index in [4.69, 9.17) is 20.8 Å². The summed E-state index contributed by atoms with van der Waals surface area (Å²) in [5.74, 6) is 0.455. The molecule has 0 radical (unpaired) electrons. The number of ether oxygens (including phenoxy) is 1. The summed E-state index contributed by atoms with van der Waals surface area (Å²) < 4.78 is 13.1. The Labute approximate surface area is 183 Å². The first-order chi connectivity index (χ1) is 14.9. The number of halogens is 1. The fraction of sp³-hybridized carbons (Fsp3) is 0.0455. The second-order valence-electron chi connectivity index (χ2n) is 6.70. The zero-order valence-corrected chi connectivity index (χ0v) is 17.5. The van der Waals surface area contributed by atoms with Crippen molar-refractivity contribution in [1.82, 2.24) is 9.38 Å². The minimum atomic E-state index is -1.12. The van der Waals surface area contributed by atoms with Crippen molar-refractivity contribution in [3.63, 3.8) is 0 Å². The van der Waals surface area contributed by atoms with Gasteiger partial charge in [0.05, 0.1) is 28.7 Å². The Balaban J connectivity index is 1.58. The molecule has 0 spiro atoms. The molecule has 9 heteroatoms. The minimum absolute atomic E-state index is 0.00951. The maximum absolute atomic E-state index is 13.0. The molecule has 154 valence electrons. The number of methoxy groups -OCH3 is 1. The van der Waals surface area contributed by atoms with Crippen molar-refractivity contribution in [3.05, 3.63) is 79.8 Å². The molecule has 0 unspecified atom stereocenters. The number of imidazole rings is 1. The third-order valence-corrected chi connectivity index (χ3v) is 6.13. The van der Waals surface area contributed by atoms with Gasteiger partial charge in [0.15, 0.2) is 4.96 Å². The number of aromatic carboxylic acids is 1. The topological polar surface area (TPSA) is 94.0 Å². The number of fused-ring (bicyclic) bond motifs is 3. The van der Waals surface area contributed by atoms with Crippen LogP contribution in [0.5, 0.6) is 5.75 Å². The van der Waals surface area contributed by atoms with Gasteiger partial charge in [-0.15, -0.1) is 0 Å². The Hall–Kier alpha value is -3.62. The van der Waals surface area contributed by atoms with E-state index in [-0.39, 0.29) is 16.1 Å². The van der Waals surface area contributed by atoms with E-state index in [0.717, 1.165) is 0 Å². The summed E-state index contributed by atoms with van der Waals surface area (Å²) in [6.07, 6.45) is 1.64. The van der Waals surface area contributed by atoms with Gasteiger partial charge in [0.2, 0.25) is 0 Å². The second kappa shape index (κ2) is 7.26. The van der Waals surface area contributed by atoms with E-state index in [1.165, 1.54) is 23.5 Å². The van der Waals surface area contributed by atoms with Gasteiger partial charge in [-0.05, 0) is 42.5 Å². The van der Waals surface area contributed by atoms with Gasteiger partial charge in [-0.2, -0.15) is 0 Å². The molecule has 0 saturated heterocycles. The van der Waals surface area contributed by atoms with Crippen molar-refractivity contribution >= 4 is 51.0 Å². The van der Waals surface area contributed by atoms with E-state index in [1.807, 2.05) is 6.07 Å². The molecule has 0 aliphatic heterocycles. The Kier molecular flexibility index (Phi) is 4.53. The van der Waals surface area contributed by atoms with Crippen LogP contribution in [0.1, 0.15) is 16.1 Å². The number of carboxylic acids is 1. The van der Waals surface area contributed by atoms with Gasteiger partial charge in [0, 0.05) is 17.7 Å². The monoisotopic (exact) mass is 452 g/mol. The lowest BCUT2D eigenvalue weighted by Crippen LogP contribution is -2.22. The van der Waals surface area contributed by atoms with Crippen LogP contribution in [0, 0.1) is 0 Å². The highest BCUT2D eigenvalue weighted by Gasteiger charge is 2.14. The van der Waals surface area contributed by atoms with E-state index in [9.17, 15) is 14.7 Å². The molecule has 0 bridgehead atoms. The number of hydrogen-bond donors (Lipinski definition) is 1. The lowest BCUT2D eigenvalue weighted by Gasteiger charge is -2.01. The zero-order chi connectivity index (χ0) is 21.7. The fourth-order valence-corrected chi connectivity index (χ4v) is 4.49. The SMILES string of the molecule is COc1ccc2nc3s/c(=C\c4ccc(-c5ccc(Cl)c(C(=O)O)c5)o4)c(=O)n3c2c1. The Morgan fingerprint density at radius 3 is 2.84 bits per heavy atom. The highest BCUT2D eigenvalue weighted by Crippen LogP contribution is 2.27. The first-order valence-corrected chi connectivity index (χ1v) is 10.3. The Bertz CT molecular complexity index is 1600. The standard InChI is InChI=1S/C22H13ClN2O5S/c1-29-12-3-6-16-17(9-12)25-20(26)19(31-22(25)24-16)10-13-4-7-18(30-13)11-2-5-15(23)14(8-11)21(27)28/h2-10H,1H3,(H,27,28)/b19-10-. The number of rotatable bonds is 4. The summed E-state index contributed by atoms with van der Waals surface area (Å²) in [5.41, 5.74) is 1.76. The molecule has 0 aliphatic rings. The van der Waals surface area contributed by atoms with Gasteiger partial charge >= 0.3 is 5.97 Å². The summed E-state index contributed by atoms with van der Waals surface area (Å²) in [6, 6.07) is 13.5. The van der Waals surface area contributed by atoms with Gasteiger partial charge in [0.1, 0.15) is 21.8 Å². The largest absolute Gasteiger partial charge is 0.497 e. The first-order valence-electron chi connectivity index (χ1n) is 9.08. The van der Waals surface area contributed by atoms with E-state index in [0.29, 0.717) is 43.4 Å². The molecule has 31 heavy (non-hydrogen) atoms. The van der Waals surface area contributed by atoms with Crippen LogP contribution in [0.3, 0.4) is 0 Å². The second-order valence-corrected chi connectivity index (χ2v) is 8.12. The molecule has 0 aliphatic carbocycles. The molecular weight excluding hydrogens is 440 g/mol. The Morgan fingerprint density at radius 2 is 2.06 bits per heavy atom. The molecule has 2 aromatic carbocycles. The van der Waals surface area contributed by atoms with Crippen LogP contribution >= 0.6 is 22.9 Å². The lowest BCUT2D eigenvalue weighted by molar-refractivity contribution is 0.0697. The van der Waals surface area contributed by atoms with Crippen molar-refractivity contribution < 1.29 is 19.1 Å². The van der Waals surface area contributed by atoms with Crippen molar-refractivity contribution in [2.75, 3.05) is 7.11 Å². The average molecular weight is 453 g/mol. The normalized spacial score (nSPS) is 12.1. The van der Waals surface area contributed by atoms with Gasteiger partial charge < -0.3 is 14.3 Å². The van der Waals surface area contributed by atoms with Crippen molar-refractivity contribution in [3.8, 4) is 17.1 Å². The molecule has 3 aromatic heterocycles. The highest BCUT2D eigenvalue weighted by atomic mass is 35.5. The summed E-state index contributed by atoms with van der Waals surface area (Å²) in [6.45, 7) is 0. The predicted molar refractivity (Wildman–Crippen MR) is 118 cm³/mol. The van der Waals surface area contributed by atoms with Gasteiger partial charge in [-0.3, -0.25) is 4.79 Å². The Morgan fingerprint density at radius 1 is 1.23 bits per heavy atom. The van der Waals surface area contributed by atoms with Gasteiger partial charge in [0.25, 0.3) is 5.56 Å². The number of benzene rings is 2. The lowest BCUT2D eigenvalue weighted by atomic mass is 10.1. The molecule has 1 N–H and O–H groups in total. The smallest absolute Gasteiger partial charge is 0.337 e. The van der Waals surface area contributed by atoms with E-state index in [2.05, 4.69) is 4.98 Å². The number of aromatic nitrogens is 2. The summed E-state index contributed by atoms with van der Waals surface area (Å²) >= 11 is 7.19. The zero-order valence-electron chi connectivity index (χ0n) is 16.0. The first kappa shape index (κ1) is 19.3. The van der Waals surface area contributed by atoms with Crippen molar-refractivity contribution in [2.45, 2.75) is 0 Å². The molecule has 5 rings (SSSR count). The van der Waals surface area contributed by atoms with E-state index in [1.54, 1.807) is 47.9 Å². The summed E-state index contributed by atoms with van der Waals surface area (Å²) in [7, 11) is 1.57. The number of furan rings is 1. The molecule has 3 heterocycles. The van der Waals surface area contributed by atoms with E-state index >= 15 is 0 Å². The molecule has 0 amide bonds. The van der Waals surface area contributed by atoms with Gasteiger partial charge in [-0.25, -0.2) is 14.2 Å². The number of carbonyl (C=O) groups is 1. The number of nitrogens with zero attached hydrogens (tertiary/aromatic N) is 2. The van der Waals surface area contributed by atoms with Crippen LogP contribution in [0.4, 0.5) is 0 Å². The number of thiazole rings is 1. The van der Waals surface area contributed by atoms with Crippen LogP contribution < -0.4 is 14.8 Å². The average Bonchev–Trinajstić information content (AvgIpc) is 3.43.